The first-order chi connectivity index (χ1) is 8.15. The van der Waals surface area contributed by atoms with Crippen LogP contribution in [0.4, 0.5) is 5.69 Å². The molecule has 2 N–H and O–H groups in total. The summed E-state index contributed by atoms with van der Waals surface area (Å²) in [6.45, 7) is 1.59. The van der Waals surface area contributed by atoms with Crippen LogP contribution in [0.3, 0.4) is 0 Å². The molecular formula is C12H14ClN3S. The van der Waals surface area contributed by atoms with Crippen LogP contribution in [0.5, 0.6) is 0 Å². The van der Waals surface area contributed by atoms with Gasteiger partial charge in [-0.05, 0) is 31.3 Å². The Morgan fingerprint density at radius 1 is 1.35 bits per heavy atom. The highest BCUT2D eigenvalue weighted by Crippen LogP contribution is 2.23. The fourth-order valence-electron chi connectivity index (χ4n) is 1.60. The normalized spacial score (nSPS) is 11.0. The monoisotopic (exact) mass is 267 g/mol. The van der Waals surface area contributed by atoms with Crippen LogP contribution in [0.25, 0.3) is 0 Å². The molecule has 2 rings (SSSR count). The molecule has 0 saturated heterocycles. The van der Waals surface area contributed by atoms with Crippen LogP contribution >= 0.6 is 22.9 Å². The maximum absolute atomic E-state index is 5.90. The summed E-state index contributed by atoms with van der Waals surface area (Å²) in [6.07, 6.45) is 1.77. The van der Waals surface area contributed by atoms with Crippen LogP contribution in [0.15, 0.2) is 30.5 Å². The van der Waals surface area contributed by atoms with E-state index in [1.54, 1.807) is 17.5 Å². The third kappa shape index (κ3) is 3.43. The Labute approximate surface area is 110 Å². The van der Waals surface area contributed by atoms with E-state index in [1.165, 1.54) is 4.88 Å². The molecule has 0 aliphatic carbocycles. The Morgan fingerprint density at radius 2 is 2.18 bits per heavy atom. The number of hydrogen-bond donors (Lipinski definition) is 1. The van der Waals surface area contributed by atoms with Gasteiger partial charge in [-0.15, -0.1) is 11.3 Å². The highest BCUT2D eigenvalue weighted by Gasteiger charge is 2.06. The van der Waals surface area contributed by atoms with Crippen molar-refractivity contribution in [2.75, 3.05) is 12.8 Å². The first kappa shape index (κ1) is 12.4. The Hall–Kier alpha value is -1.10. The van der Waals surface area contributed by atoms with E-state index in [0.717, 1.165) is 28.8 Å². The maximum Gasteiger partial charge on any atom is 0.0931 e. The summed E-state index contributed by atoms with van der Waals surface area (Å²) in [6, 6.07) is 7.69. The van der Waals surface area contributed by atoms with Crippen molar-refractivity contribution in [2.45, 2.75) is 13.1 Å². The fourth-order valence-corrected chi connectivity index (χ4v) is 2.76. The molecule has 0 fully saturated rings. The van der Waals surface area contributed by atoms with E-state index in [0.29, 0.717) is 0 Å². The lowest BCUT2D eigenvalue weighted by Crippen LogP contribution is -2.18. The molecule has 0 bridgehead atoms. The van der Waals surface area contributed by atoms with E-state index in [2.05, 4.69) is 9.88 Å². The van der Waals surface area contributed by atoms with Gasteiger partial charge in [0, 0.05) is 24.2 Å². The van der Waals surface area contributed by atoms with Crippen molar-refractivity contribution in [2.24, 2.45) is 0 Å². The lowest BCUT2D eigenvalue weighted by Gasteiger charge is -2.15. The highest BCUT2D eigenvalue weighted by molar-refractivity contribution is 7.16. The second-order valence-corrected chi connectivity index (χ2v) is 5.72. The number of anilines is 1. The van der Waals surface area contributed by atoms with E-state index < -0.39 is 0 Å². The third-order valence-electron chi connectivity index (χ3n) is 2.40. The number of nitrogens with two attached hydrogens (primary N) is 1. The van der Waals surface area contributed by atoms with Gasteiger partial charge in [0.15, 0.2) is 0 Å². The zero-order chi connectivity index (χ0) is 12.3. The van der Waals surface area contributed by atoms with Crippen LogP contribution in [-0.2, 0) is 13.1 Å². The Balaban J connectivity index is 1.98. The molecule has 0 atom stereocenters. The molecule has 2 heterocycles. The molecule has 0 saturated carbocycles. The number of aromatic nitrogens is 1. The lowest BCUT2D eigenvalue weighted by atomic mass is 10.3. The minimum Gasteiger partial charge on any atom is -0.397 e. The number of hydrogen-bond acceptors (Lipinski definition) is 4. The lowest BCUT2D eigenvalue weighted by molar-refractivity contribution is 0.318. The van der Waals surface area contributed by atoms with E-state index in [4.69, 9.17) is 17.3 Å². The number of halogens is 1. The largest absolute Gasteiger partial charge is 0.397 e. The molecular weight excluding hydrogens is 254 g/mol. The van der Waals surface area contributed by atoms with Crippen molar-refractivity contribution in [1.29, 1.82) is 0 Å². The summed E-state index contributed by atoms with van der Waals surface area (Å²) in [5, 5.41) is 0. The van der Waals surface area contributed by atoms with Crippen LogP contribution in [0.1, 0.15) is 10.6 Å². The zero-order valence-corrected chi connectivity index (χ0v) is 11.1. The van der Waals surface area contributed by atoms with Gasteiger partial charge in [0.05, 0.1) is 15.7 Å². The van der Waals surface area contributed by atoms with Crippen LogP contribution in [-0.4, -0.2) is 16.9 Å². The molecule has 0 unspecified atom stereocenters. The summed E-state index contributed by atoms with van der Waals surface area (Å²) in [5.74, 6) is 0. The van der Waals surface area contributed by atoms with Crippen LogP contribution in [0.2, 0.25) is 4.34 Å². The van der Waals surface area contributed by atoms with Gasteiger partial charge in [-0.25, -0.2) is 0 Å². The maximum atomic E-state index is 5.90. The second-order valence-electron chi connectivity index (χ2n) is 3.92. The van der Waals surface area contributed by atoms with Gasteiger partial charge < -0.3 is 5.73 Å². The summed E-state index contributed by atoms with van der Waals surface area (Å²) in [4.78, 5) is 7.69. The summed E-state index contributed by atoms with van der Waals surface area (Å²) in [7, 11) is 2.04. The van der Waals surface area contributed by atoms with Crippen molar-refractivity contribution < 1.29 is 0 Å². The summed E-state index contributed by atoms with van der Waals surface area (Å²) in [5.41, 5.74) is 7.51. The van der Waals surface area contributed by atoms with Crippen LogP contribution < -0.4 is 5.73 Å². The SMILES string of the molecule is CN(Cc1ccc(Cl)s1)Cc1ncccc1N. The summed E-state index contributed by atoms with van der Waals surface area (Å²) < 4.78 is 0.825. The predicted octanol–water partition coefficient (Wildman–Crippen LogP) is 3.01. The highest BCUT2D eigenvalue weighted by atomic mass is 35.5. The van der Waals surface area contributed by atoms with Crippen molar-refractivity contribution in [3.05, 3.63) is 45.4 Å². The van der Waals surface area contributed by atoms with Crippen molar-refractivity contribution >= 4 is 28.6 Å². The number of rotatable bonds is 4. The van der Waals surface area contributed by atoms with Crippen LogP contribution in [0, 0.1) is 0 Å². The standard InChI is InChI=1S/C12H14ClN3S/c1-16(7-9-4-5-12(13)17-9)8-11-10(14)3-2-6-15-11/h2-6H,7-8,14H2,1H3. The quantitative estimate of drug-likeness (QED) is 0.926. The number of nitrogens with zero attached hydrogens (tertiary/aromatic N) is 2. The Bertz CT molecular complexity index is 498. The topological polar surface area (TPSA) is 42.2 Å². The van der Waals surface area contributed by atoms with Gasteiger partial charge in [-0.1, -0.05) is 11.6 Å². The van der Waals surface area contributed by atoms with Gasteiger partial charge in [0.25, 0.3) is 0 Å². The van der Waals surface area contributed by atoms with E-state index >= 15 is 0 Å². The van der Waals surface area contributed by atoms with Gasteiger partial charge >= 0.3 is 0 Å². The number of pyridine rings is 1. The molecule has 5 heteroatoms. The Kier molecular flexibility index (Phi) is 3.99. The average Bonchev–Trinajstić information content (AvgIpc) is 2.67. The van der Waals surface area contributed by atoms with Crippen molar-refractivity contribution in [3.63, 3.8) is 0 Å². The molecule has 0 aliphatic heterocycles. The Morgan fingerprint density at radius 3 is 2.82 bits per heavy atom. The van der Waals surface area contributed by atoms with E-state index in [9.17, 15) is 0 Å². The van der Waals surface area contributed by atoms with Crippen molar-refractivity contribution in [1.82, 2.24) is 9.88 Å². The van der Waals surface area contributed by atoms with Crippen molar-refractivity contribution in [3.8, 4) is 0 Å². The minimum absolute atomic E-state index is 0.738. The molecule has 0 spiro atoms. The van der Waals surface area contributed by atoms with Gasteiger partial charge in [-0.3, -0.25) is 9.88 Å². The fraction of sp³-hybridized carbons (Fsp3) is 0.250. The molecule has 0 aliphatic rings. The average molecular weight is 268 g/mol. The van der Waals surface area contributed by atoms with E-state index in [-0.39, 0.29) is 0 Å². The third-order valence-corrected chi connectivity index (χ3v) is 3.62. The molecule has 90 valence electrons. The molecule has 0 amide bonds. The first-order valence-electron chi connectivity index (χ1n) is 5.27. The molecule has 3 nitrogen and oxygen atoms in total. The first-order valence-corrected chi connectivity index (χ1v) is 6.46. The molecule has 17 heavy (non-hydrogen) atoms. The minimum atomic E-state index is 0.738. The van der Waals surface area contributed by atoms with Gasteiger partial charge in [-0.2, -0.15) is 0 Å². The second kappa shape index (κ2) is 5.49. The molecule has 0 radical (unpaired) electrons. The van der Waals surface area contributed by atoms with Gasteiger partial charge in [0.1, 0.15) is 0 Å². The van der Waals surface area contributed by atoms with Gasteiger partial charge in [0.2, 0.25) is 0 Å². The predicted molar refractivity (Wildman–Crippen MR) is 73.1 cm³/mol. The zero-order valence-electron chi connectivity index (χ0n) is 9.56. The molecule has 0 aromatic carbocycles. The molecule has 2 aromatic rings. The van der Waals surface area contributed by atoms with E-state index in [1.807, 2.05) is 31.3 Å². The molecule has 2 aromatic heterocycles. The number of nitrogen functional groups attached to an aromatic ring is 1. The summed E-state index contributed by atoms with van der Waals surface area (Å²) >= 11 is 7.50. The smallest absolute Gasteiger partial charge is 0.0931 e. The number of thiophene rings is 1.